The quantitative estimate of drug-likeness (QED) is 0.523. The molecule has 0 saturated heterocycles. The molecule has 1 N–H and O–H groups in total. The first-order valence-electron chi connectivity index (χ1n) is 7.05. The van der Waals surface area contributed by atoms with Crippen LogP contribution in [0.1, 0.15) is 38.7 Å². The van der Waals surface area contributed by atoms with Gasteiger partial charge in [-0.05, 0) is 38.2 Å². The van der Waals surface area contributed by atoms with Crippen molar-refractivity contribution in [2.45, 2.75) is 39.5 Å². The smallest absolute Gasteiger partial charge is 0.302 e. The zero-order chi connectivity index (χ0) is 14.8. The molecule has 2 rings (SSSR count). The second-order valence-electron chi connectivity index (χ2n) is 4.79. The highest BCUT2D eigenvalue weighted by Crippen LogP contribution is 2.25. The number of oxime groups is 1. The second-order valence-corrected chi connectivity index (χ2v) is 4.79. The Kier molecular flexibility index (Phi) is 7.40. The molecule has 0 spiro atoms. The van der Waals surface area contributed by atoms with E-state index in [1.165, 1.54) is 12.5 Å². The molecule has 1 fully saturated rings. The van der Waals surface area contributed by atoms with Crippen LogP contribution in [0.25, 0.3) is 0 Å². The molecular weight excluding hydrogens is 254 g/mol. The van der Waals surface area contributed by atoms with Crippen LogP contribution in [0.2, 0.25) is 0 Å². The van der Waals surface area contributed by atoms with Gasteiger partial charge in [0, 0.05) is 12.8 Å². The maximum Gasteiger partial charge on any atom is 0.302 e. The number of hydrogen-bond acceptors (Lipinski definition) is 4. The van der Waals surface area contributed by atoms with Crippen molar-refractivity contribution in [2.24, 2.45) is 11.1 Å². The molecule has 20 heavy (non-hydrogen) atoms. The Morgan fingerprint density at radius 2 is 2.10 bits per heavy atom. The fraction of sp³-hybridized carbons (Fsp3) is 0.500. The summed E-state index contributed by atoms with van der Waals surface area (Å²) < 4.78 is 4.40. The van der Waals surface area contributed by atoms with Crippen molar-refractivity contribution < 1.29 is 14.7 Å². The van der Waals surface area contributed by atoms with E-state index in [1.54, 1.807) is 6.92 Å². The van der Waals surface area contributed by atoms with Crippen molar-refractivity contribution >= 4 is 11.7 Å². The molecule has 0 amide bonds. The number of rotatable bonds is 3. The second kappa shape index (κ2) is 9.13. The maximum atomic E-state index is 9.82. The molecule has 0 aromatic heterocycles. The molecule has 0 aliphatic heterocycles. The first-order valence-corrected chi connectivity index (χ1v) is 7.05. The van der Waals surface area contributed by atoms with Gasteiger partial charge in [0.2, 0.25) is 0 Å². The normalized spacial score (nSPS) is 19.3. The molecule has 0 radical (unpaired) electrons. The number of ether oxygens (including phenoxy) is 1. The molecule has 110 valence electrons. The van der Waals surface area contributed by atoms with Gasteiger partial charge in [0.25, 0.3) is 0 Å². The number of hydrogen-bond donors (Lipinski definition) is 1. The molecule has 1 aromatic carbocycles. The third kappa shape index (κ3) is 5.87. The van der Waals surface area contributed by atoms with Crippen LogP contribution in [0.3, 0.4) is 0 Å². The summed E-state index contributed by atoms with van der Waals surface area (Å²) >= 11 is 0. The third-order valence-electron chi connectivity index (χ3n) is 3.26. The summed E-state index contributed by atoms with van der Waals surface area (Å²) in [5.41, 5.74) is 2.31. The standard InChI is InChI=1S/C12H15NO.C4H8O2/c14-13-12-8-4-7-11(12)9-10-5-2-1-3-6-10;1-3-6-4(2)5/h1-3,5-6,11,14H,4,7-9H2;3H2,1-2H3/b13-12-;. The predicted molar refractivity (Wildman–Crippen MR) is 79.0 cm³/mol. The van der Waals surface area contributed by atoms with Gasteiger partial charge in [0.15, 0.2) is 0 Å². The number of carbonyl (C=O) groups is 1. The minimum atomic E-state index is -0.211. The summed E-state index contributed by atoms with van der Waals surface area (Å²) in [6.45, 7) is 3.65. The molecule has 4 nitrogen and oxygen atoms in total. The van der Waals surface area contributed by atoms with Gasteiger partial charge in [0.1, 0.15) is 0 Å². The average Bonchev–Trinajstić information content (AvgIpc) is 2.87. The molecule has 0 bridgehead atoms. The number of benzene rings is 1. The van der Waals surface area contributed by atoms with Gasteiger partial charge >= 0.3 is 5.97 Å². The Morgan fingerprint density at radius 1 is 1.40 bits per heavy atom. The van der Waals surface area contributed by atoms with Crippen molar-refractivity contribution in [1.29, 1.82) is 0 Å². The highest BCUT2D eigenvalue weighted by Gasteiger charge is 2.22. The lowest BCUT2D eigenvalue weighted by Gasteiger charge is -2.09. The lowest BCUT2D eigenvalue weighted by atomic mass is 9.97. The van der Waals surface area contributed by atoms with E-state index in [-0.39, 0.29) is 5.97 Å². The van der Waals surface area contributed by atoms with Crippen LogP contribution in [-0.2, 0) is 16.0 Å². The number of carbonyl (C=O) groups excluding carboxylic acids is 1. The summed E-state index contributed by atoms with van der Waals surface area (Å²) in [5, 5.41) is 12.2. The van der Waals surface area contributed by atoms with Crippen molar-refractivity contribution in [3.8, 4) is 0 Å². The molecule has 1 aliphatic carbocycles. The largest absolute Gasteiger partial charge is 0.466 e. The van der Waals surface area contributed by atoms with E-state index in [4.69, 9.17) is 5.21 Å². The lowest BCUT2D eigenvalue weighted by molar-refractivity contribution is -0.140. The van der Waals surface area contributed by atoms with Crippen LogP contribution in [-0.4, -0.2) is 23.5 Å². The van der Waals surface area contributed by atoms with Crippen molar-refractivity contribution in [3.05, 3.63) is 35.9 Å². The lowest BCUT2D eigenvalue weighted by Crippen LogP contribution is -2.09. The minimum absolute atomic E-state index is 0.211. The minimum Gasteiger partial charge on any atom is -0.466 e. The predicted octanol–water partition coefficient (Wildman–Crippen LogP) is 3.43. The van der Waals surface area contributed by atoms with Gasteiger partial charge in [-0.3, -0.25) is 4.79 Å². The van der Waals surface area contributed by atoms with Crippen LogP contribution in [0, 0.1) is 5.92 Å². The maximum absolute atomic E-state index is 9.82. The Bertz CT molecular complexity index is 429. The van der Waals surface area contributed by atoms with Crippen LogP contribution in [0.4, 0.5) is 0 Å². The van der Waals surface area contributed by atoms with E-state index in [1.807, 2.05) is 6.07 Å². The van der Waals surface area contributed by atoms with E-state index < -0.39 is 0 Å². The van der Waals surface area contributed by atoms with Crippen LogP contribution in [0.15, 0.2) is 35.5 Å². The fourth-order valence-corrected chi connectivity index (χ4v) is 2.35. The summed E-state index contributed by atoms with van der Waals surface area (Å²) in [6.07, 6.45) is 4.30. The Balaban J connectivity index is 0.000000286. The SMILES string of the molecule is CCOC(C)=O.O/N=C1/CCCC1Cc1ccccc1. The third-order valence-corrected chi connectivity index (χ3v) is 3.26. The van der Waals surface area contributed by atoms with Gasteiger partial charge in [-0.1, -0.05) is 35.5 Å². The van der Waals surface area contributed by atoms with E-state index >= 15 is 0 Å². The molecule has 0 heterocycles. The summed E-state index contributed by atoms with van der Waals surface area (Å²) in [4.78, 5) is 9.82. The van der Waals surface area contributed by atoms with E-state index in [9.17, 15) is 4.79 Å². The summed E-state index contributed by atoms with van der Waals surface area (Å²) in [6, 6.07) is 10.4. The zero-order valence-electron chi connectivity index (χ0n) is 12.2. The first kappa shape index (κ1) is 16.2. The van der Waals surface area contributed by atoms with Crippen molar-refractivity contribution in [1.82, 2.24) is 0 Å². The van der Waals surface area contributed by atoms with Gasteiger partial charge in [-0.2, -0.15) is 0 Å². The topological polar surface area (TPSA) is 58.9 Å². The van der Waals surface area contributed by atoms with E-state index in [0.29, 0.717) is 12.5 Å². The Hall–Kier alpha value is -1.84. The Labute approximate surface area is 120 Å². The molecule has 4 heteroatoms. The molecule has 1 aromatic rings. The van der Waals surface area contributed by atoms with E-state index in [2.05, 4.69) is 34.2 Å². The van der Waals surface area contributed by atoms with Crippen molar-refractivity contribution in [2.75, 3.05) is 6.61 Å². The first-order chi connectivity index (χ1) is 9.67. The van der Waals surface area contributed by atoms with Gasteiger partial charge in [-0.15, -0.1) is 0 Å². The average molecular weight is 277 g/mol. The van der Waals surface area contributed by atoms with Gasteiger partial charge in [0.05, 0.1) is 12.3 Å². The molecule has 1 saturated carbocycles. The summed E-state index contributed by atoms with van der Waals surface area (Å²) in [7, 11) is 0. The van der Waals surface area contributed by atoms with E-state index in [0.717, 1.165) is 31.4 Å². The highest BCUT2D eigenvalue weighted by atomic mass is 16.5. The molecule has 1 unspecified atom stereocenters. The van der Waals surface area contributed by atoms with Crippen LogP contribution < -0.4 is 0 Å². The monoisotopic (exact) mass is 277 g/mol. The fourth-order valence-electron chi connectivity index (χ4n) is 2.35. The Morgan fingerprint density at radius 3 is 2.60 bits per heavy atom. The summed E-state index contributed by atoms with van der Waals surface area (Å²) in [5.74, 6) is 0.250. The van der Waals surface area contributed by atoms with Gasteiger partial charge < -0.3 is 9.94 Å². The number of nitrogens with zero attached hydrogens (tertiary/aromatic N) is 1. The van der Waals surface area contributed by atoms with Gasteiger partial charge in [-0.25, -0.2) is 0 Å². The number of esters is 1. The van der Waals surface area contributed by atoms with Crippen LogP contribution >= 0.6 is 0 Å². The van der Waals surface area contributed by atoms with Crippen LogP contribution in [0.5, 0.6) is 0 Å². The van der Waals surface area contributed by atoms with Crippen molar-refractivity contribution in [3.63, 3.8) is 0 Å². The highest BCUT2D eigenvalue weighted by molar-refractivity contribution is 5.88. The molecule has 1 aliphatic rings. The molecule has 1 atom stereocenters. The zero-order valence-corrected chi connectivity index (χ0v) is 12.2. The molecular formula is C16H23NO3.